The van der Waals surface area contributed by atoms with Crippen molar-refractivity contribution >= 4 is 10.8 Å². The van der Waals surface area contributed by atoms with Crippen LogP contribution in [0.1, 0.15) is 19.2 Å². The highest BCUT2D eigenvalue weighted by Gasteiger charge is 2.06. The lowest BCUT2D eigenvalue weighted by atomic mass is 10.1. The van der Waals surface area contributed by atoms with Crippen LogP contribution in [0.2, 0.25) is 0 Å². The van der Waals surface area contributed by atoms with Gasteiger partial charge in [0.25, 0.3) is 0 Å². The lowest BCUT2D eigenvalue weighted by molar-refractivity contribution is 0.478. The van der Waals surface area contributed by atoms with Gasteiger partial charge in [0.15, 0.2) is 5.76 Å². The van der Waals surface area contributed by atoms with Crippen LogP contribution in [0.5, 0.6) is 0 Å². The van der Waals surface area contributed by atoms with Gasteiger partial charge in [-0.2, -0.15) is 0 Å². The Morgan fingerprint density at radius 3 is 2.80 bits per heavy atom. The Kier molecular flexibility index (Phi) is 3.79. The number of fused-ring (bicyclic) bond motifs is 1. The van der Waals surface area contributed by atoms with Crippen molar-refractivity contribution in [1.29, 1.82) is 0 Å². The standard InChI is InChI=1S/C17H18N2O/c1-2-9-18-12-17-19-11-16(20-17)15-8-7-13-5-3-4-6-14(13)10-15/h3-8,10-11,18H,2,9,12H2,1H3. The van der Waals surface area contributed by atoms with Crippen molar-refractivity contribution in [2.24, 2.45) is 0 Å². The Morgan fingerprint density at radius 1 is 1.10 bits per heavy atom. The monoisotopic (exact) mass is 266 g/mol. The second-order valence-electron chi connectivity index (χ2n) is 4.86. The van der Waals surface area contributed by atoms with Gasteiger partial charge >= 0.3 is 0 Å². The molecule has 3 heteroatoms. The van der Waals surface area contributed by atoms with Crippen LogP contribution >= 0.6 is 0 Å². The van der Waals surface area contributed by atoms with E-state index in [-0.39, 0.29) is 0 Å². The smallest absolute Gasteiger partial charge is 0.208 e. The van der Waals surface area contributed by atoms with Gasteiger partial charge in [-0.15, -0.1) is 0 Å². The van der Waals surface area contributed by atoms with Gasteiger partial charge in [0.2, 0.25) is 5.89 Å². The van der Waals surface area contributed by atoms with Crippen LogP contribution in [-0.2, 0) is 6.54 Å². The second kappa shape index (κ2) is 5.88. The molecule has 0 saturated heterocycles. The number of aromatic nitrogens is 1. The molecule has 0 bridgehead atoms. The molecule has 1 aromatic heterocycles. The molecule has 0 fully saturated rings. The van der Waals surface area contributed by atoms with Gasteiger partial charge in [0.1, 0.15) is 0 Å². The molecular weight excluding hydrogens is 248 g/mol. The fourth-order valence-corrected chi connectivity index (χ4v) is 2.24. The van der Waals surface area contributed by atoms with Crippen LogP contribution in [0, 0.1) is 0 Å². The number of rotatable bonds is 5. The molecular formula is C17H18N2O. The first-order valence-corrected chi connectivity index (χ1v) is 7.01. The Hall–Kier alpha value is -2.13. The summed E-state index contributed by atoms with van der Waals surface area (Å²) >= 11 is 0. The van der Waals surface area contributed by atoms with Gasteiger partial charge in [0, 0.05) is 5.56 Å². The molecule has 3 aromatic rings. The lowest BCUT2D eigenvalue weighted by Crippen LogP contribution is -2.13. The number of nitrogens with zero attached hydrogens (tertiary/aromatic N) is 1. The van der Waals surface area contributed by atoms with E-state index < -0.39 is 0 Å². The number of benzene rings is 2. The molecule has 0 saturated carbocycles. The molecule has 0 spiro atoms. The van der Waals surface area contributed by atoms with Crippen molar-refractivity contribution in [2.45, 2.75) is 19.9 Å². The first kappa shape index (κ1) is 12.9. The number of hydrogen-bond acceptors (Lipinski definition) is 3. The Labute approximate surface area is 118 Å². The highest BCUT2D eigenvalue weighted by atomic mass is 16.4. The molecule has 1 heterocycles. The predicted molar refractivity (Wildman–Crippen MR) is 81.4 cm³/mol. The van der Waals surface area contributed by atoms with Gasteiger partial charge in [-0.1, -0.05) is 43.3 Å². The van der Waals surface area contributed by atoms with Gasteiger partial charge in [-0.05, 0) is 29.8 Å². The molecule has 102 valence electrons. The first-order chi connectivity index (χ1) is 9.86. The lowest BCUT2D eigenvalue weighted by Gasteiger charge is -2.01. The van der Waals surface area contributed by atoms with Gasteiger partial charge in [-0.25, -0.2) is 4.98 Å². The van der Waals surface area contributed by atoms with Gasteiger partial charge < -0.3 is 9.73 Å². The average molecular weight is 266 g/mol. The minimum Gasteiger partial charge on any atom is -0.439 e. The first-order valence-electron chi connectivity index (χ1n) is 7.01. The van der Waals surface area contributed by atoms with Gasteiger partial charge in [0.05, 0.1) is 12.7 Å². The van der Waals surface area contributed by atoms with E-state index in [0.29, 0.717) is 6.54 Å². The van der Waals surface area contributed by atoms with Crippen molar-refractivity contribution in [3.05, 3.63) is 54.6 Å². The summed E-state index contributed by atoms with van der Waals surface area (Å²) in [5.74, 6) is 1.56. The van der Waals surface area contributed by atoms with E-state index in [1.807, 2.05) is 12.1 Å². The third kappa shape index (κ3) is 2.73. The summed E-state index contributed by atoms with van der Waals surface area (Å²) in [6.45, 7) is 3.80. The summed E-state index contributed by atoms with van der Waals surface area (Å²) in [5, 5.41) is 5.74. The number of hydrogen-bond donors (Lipinski definition) is 1. The van der Waals surface area contributed by atoms with E-state index in [0.717, 1.165) is 30.2 Å². The molecule has 0 amide bonds. The van der Waals surface area contributed by atoms with Crippen LogP contribution in [-0.4, -0.2) is 11.5 Å². The summed E-state index contributed by atoms with van der Waals surface area (Å²) < 4.78 is 5.79. The maximum atomic E-state index is 5.79. The zero-order valence-corrected chi connectivity index (χ0v) is 11.6. The van der Waals surface area contributed by atoms with Crippen LogP contribution in [0.4, 0.5) is 0 Å². The van der Waals surface area contributed by atoms with E-state index in [1.54, 1.807) is 6.20 Å². The fraction of sp³-hybridized carbons (Fsp3) is 0.235. The highest BCUT2D eigenvalue weighted by Crippen LogP contribution is 2.24. The largest absolute Gasteiger partial charge is 0.439 e. The third-order valence-electron chi connectivity index (χ3n) is 3.29. The Bertz CT molecular complexity index is 703. The predicted octanol–water partition coefficient (Wildman–Crippen LogP) is 3.99. The molecule has 0 aliphatic heterocycles. The molecule has 0 unspecified atom stereocenters. The summed E-state index contributed by atoms with van der Waals surface area (Å²) in [6, 6.07) is 14.6. The molecule has 1 N–H and O–H groups in total. The third-order valence-corrected chi connectivity index (χ3v) is 3.29. The second-order valence-corrected chi connectivity index (χ2v) is 4.86. The van der Waals surface area contributed by atoms with Crippen molar-refractivity contribution in [1.82, 2.24) is 10.3 Å². The SMILES string of the molecule is CCCNCc1ncc(-c2ccc3ccccc3c2)o1. The molecule has 2 aromatic carbocycles. The van der Waals surface area contributed by atoms with Crippen LogP contribution in [0.15, 0.2) is 53.1 Å². The van der Waals surface area contributed by atoms with E-state index in [2.05, 4.69) is 47.6 Å². The van der Waals surface area contributed by atoms with Crippen molar-refractivity contribution in [2.75, 3.05) is 6.54 Å². The Balaban J connectivity index is 1.83. The average Bonchev–Trinajstić information content (AvgIpc) is 2.96. The normalized spacial score (nSPS) is 11.1. The minimum absolute atomic E-state index is 0.682. The van der Waals surface area contributed by atoms with Gasteiger partial charge in [-0.3, -0.25) is 0 Å². The fourth-order valence-electron chi connectivity index (χ4n) is 2.24. The summed E-state index contributed by atoms with van der Waals surface area (Å²) in [6.07, 6.45) is 2.91. The van der Waals surface area contributed by atoms with Crippen LogP contribution in [0.25, 0.3) is 22.1 Å². The zero-order valence-electron chi connectivity index (χ0n) is 11.6. The topological polar surface area (TPSA) is 38.1 Å². The molecule has 3 nitrogen and oxygen atoms in total. The maximum Gasteiger partial charge on any atom is 0.208 e. The number of oxazole rings is 1. The number of nitrogens with one attached hydrogen (secondary N) is 1. The van der Waals surface area contributed by atoms with Crippen molar-refractivity contribution < 1.29 is 4.42 Å². The van der Waals surface area contributed by atoms with E-state index in [4.69, 9.17) is 4.42 Å². The van der Waals surface area contributed by atoms with E-state index in [9.17, 15) is 0 Å². The quantitative estimate of drug-likeness (QED) is 0.709. The van der Waals surface area contributed by atoms with E-state index in [1.165, 1.54) is 10.8 Å². The van der Waals surface area contributed by atoms with Crippen molar-refractivity contribution in [3.8, 4) is 11.3 Å². The summed E-state index contributed by atoms with van der Waals surface area (Å²) in [7, 11) is 0. The highest BCUT2D eigenvalue weighted by molar-refractivity contribution is 5.86. The molecule has 20 heavy (non-hydrogen) atoms. The molecule has 0 aliphatic carbocycles. The molecule has 0 radical (unpaired) electrons. The Morgan fingerprint density at radius 2 is 1.95 bits per heavy atom. The van der Waals surface area contributed by atoms with Crippen LogP contribution < -0.4 is 5.32 Å². The van der Waals surface area contributed by atoms with E-state index >= 15 is 0 Å². The molecule has 0 atom stereocenters. The molecule has 3 rings (SSSR count). The van der Waals surface area contributed by atoms with Crippen LogP contribution in [0.3, 0.4) is 0 Å². The maximum absolute atomic E-state index is 5.79. The van der Waals surface area contributed by atoms with Crippen molar-refractivity contribution in [3.63, 3.8) is 0 Å². The summed E-state index contributed by atoms with van der Waals surface area (Å²) in [4.78, 5) is 4.32. The zero-order chi connectivity index (χ0) is 13.8. The minimum atomic E-state index is 0.682. The summed E-state index contributed by atoms with van der Waals surface area (Å²) in [5.41, 5.74) is 1.07. The molecule has 0 aliphatic rings.